The molecule has 0 radical (unpaired) electrons. The zero-order valence-electron chi connectivity index (χ0n) is 12.1. The second kappa shape index (κ2) is 6.70. The second-order valence-electron chi connectivity index (χ2n) is 4.95. The lowest BCUT2D eigenvalue weighted by Gasteiger charge is -2.15. The average Bonchev–Trinajstić information content (AvgIpc) is 3.00. The summed E-state index contributed by atoms with van der Waals surface area (Å²) in [6.07, 6.45) is 0.766. The summed E-state index contributed by atoms with van der Waals surface area (Å²) in [4.78, 5) is 1.24. The van der Waals surface area contributed by atoms with Gasteiger partial charge in [-0.25, -0.2) is 13.1 Å². The number of nitrogens with two attached hydrogens (primary N) is 1. The minimum absolute atomic E-state index is 0.144. The van der Waals surface area contributed by atoms with Gasteiger partial charge in [0.2, 0.25) is 10.0 Å². The summed E-state index contributed by atoms with van der Waals surface area (Å²) in [7, 11) is -3.55. The third-order valence-corrected chi connectivity index (χ3v) is 5.93. The molecule has 4 nitrogen and oxygen atoms in total. The van der Waals surface area contributed by atoms with Crippen LogP contribution in [-0.2, 0) is 10.0 Å². The van der Waals surface area contributed by atoms with Gasteiger partial charge in [0.1, 0.15) is 0 Å². The molecule has 1 aromatic carbocycles. The van der Waals surface area contributed by atoms with E-state index in [1.807, 2.05) is 37.4 Å². The number of hydrogen-bond acceptors (Lipinski definition) is 4. The molecule has 0 spiro atoms. The molecular formula is C15H20N2O2S2. The molecule has 6 heteroatoms. The molecule has 0 saturated heterocycles. The lowest BCUT2D eigenvalue weighted by Crippen LogP contribution is -2.26. The number of thiophene rings is 1. The van der Waals surface area contributed by atoms with Crippen LogP contribution in [0.2, 0.25) is 0 Å². The van der Waals surface area contributed by atoms with E-state index in [1.54, 1.807) is 18.2 Å². The lowest BCUT2D eigenvalue weighted by atomic mass is 10.1. The first-order valence-electron chi connectivity index (χ1n) is 6.85. The predicted molar refractivity (Wildman–Crippen MR) is 86.7 cm³/mol. The van der Waals surface area contributed by atoms with Gasteiger partial charge in [0.15, 0.2) is 0 Å². The Morgan fingerprint density at radius 3 is 2.67 bits per heavy atom. The van der Waals surface area contributed by atoms with E-state index in [9.17, 15) is 8.42 Å². The molecule has 114 valence electrons. The molecule has 1 aromatic heterocycles. The smallest absolute Gasteiger partial charge is 0.241 e. The molecule has 0 aliphatic rings. The Hall–Kier alpha value is -1.21. The fourth-order valence-corrected chi connectivity index (χ4v) is 4.13. The molecule has 0 aliphatic carbocycles. The Labute approximate surface area is 130 Å². The molecule has 0 bridgehead atoms. The van der Waals surface area contributed by atoms with Gasteiger partial charge >= 0.3 is 0 Å². The maximum atomic E-state index is 12.5. The van der Waals surface area contributed by atoms with Crippen molar-refractivity contribution in [2.75, 3.05) is 0 Å². The SMILES string of the molecule is CCC(N)c1cccc(S(=O)(=O)NC(C)c2cccs2)c1. The highest BCUT2D eigenvalue weighted by Gasteiger charge is 2.19. The van der Waals surface area contributed by atoms with Crippen molar-refractivity contribution in [2.24, 2.45) is 5.73 Å². The topological polar surface area (TPSA) is 72.2 Å². The first kappa shape index (κ1) is 16.2. The van der Waals surface area contributed by atoms with Crippen molar-refractivity contribution < 1.29 is 8.42 Å². The van der Waals surface area contributed by atoms with E-state index in [1.165, 1.54) is 11.3 Å². The first-order chi connectivity index (χ1) is 9.94. The van der Waals surface area contributed by atoms with Crippen LogP contribution in [0.4, 0.5) is 0 Å². The molecule has 21 heavy (non-hydrogen) atoms. The normalized spacial score (nSPS) is 14.8. The van der Waals surface area contributed by atoms with Crippen LogP contribution in [0, 0.1) is 0 Å². The summed E-state index contributed by atoms with van der Waals surface area (Å²) in [5.74, 6) is 0. The molecule has 0 aliphatic heterocycles. The summed E-state index contributed by atoms with van der Waals surface area (Å²) in [6, 6.07) is 10.3. The zero-order chi connectivity index (χ0) is 15.5. The van der Waals surface area contributed by atoms with Crippen LogP contribution in [0.25, 0.3) is 0 Å². The largest absolute Gasteiger partial charge is 0.324 e. The molecule has 0 amide bonds. The molecular weight excluding hydrogens is 304 g/mol. The van der Waals surface area contributed by atoms with Gasteiger partial charge < -0.3 is 5.73 Å². The molecule has 2 aromatic rings. The van der Waals surface area contributed by atoms with Crippen LogP contribution < -0.4 is 10.5 Å². The van der Waals surface area contributed by atoms with Crippen LogP contribution in [0.15, 0.2) is 46.7 Å². The Kier molecular flexibility index (Phi) is 5.16. The molecule has 0 fully saturated rings. The summed E-state index contributed by atoms with van der Waals surface area (Å²) >= 11 is 1.53. The number of nitrogens with one attached hydrogen (secondary N) is 1. The van der Waals surface area contributed by atoms with E-state index < -0.39 is 10.0 Å². The summed E-state index contributed by atoms with van der Waals surface area (Å²) in [6.45, 7) is 3.81. The van der Waals surface area contributed by atoms with E-state index in [0.29, 0.717) is 0 Å². The fourth-order valence-electron chi connectivity index (χ4n) is 2.04. The van der Waals surface area contributed by atoms with Crippen molar-refractivity contribution >= 4 is 21.4 Å². The second-order valence-corrected chi connectivity index (χ2v) is 7.64. The number of hydrogen-bond donors (Lipinski definition) is 2. The van der Waals surface area contributed by atoms with Gasteiger partial charge in [-0.05, 0) is 42.5 Å². The van der Waals surface area contributed by atoms with E-state index in [4.69, 9.17) is 5.73 Å². The molecule has 2 rings (SSSR count). The van der Waals surface area contributed by atoms with Crippen molar-refractivity contribution in [1.29, 1.82) is 0 Å². The van der Waals surface area contributed by atoms with Crippen molar-refractivity contribution in [1.82, 2.24) is 4.72 Å². The van der Waals surface area contributed by atoms with Gasteiger partial charge in [-0.3, -0.25) is 0 Å². The fraction of sp³-hybridized carbons (Fsp3) is 0.333. The van der Waals surface area contributed by atoms with Crippen molar-refractivity contribution in [3.8, 4) is 0 Å². The molecule has 0 saturated carbocycles. The Balaban J connectivity index is 2.23. The highest BCUT2D eigenvalue weighted by atomic mass is 32.2. The third kappa shape index (κ3) is 3.91. The van der Waals surface area contributed by atoms with Crippen LogP contribution in [0.1, 0.15) is 42.8 Å². The summed E-state index contributed by atoms with van der Waals surface area (Å²) in [5, 5.41) is 1.93. The number of benzene rings is 1. The quantitative estimate of drug-likeness (QED) is 0.857. The summed E-state index contributed by atoms with van der Waals surface area (Å²) < 4.78 is 27.6. The molecule has 1 heterocycles. The van der Waals surface area contributed by atoms with Gasteiger partial charge in [-0.1, -0.05) is 25.1 Å². The van der Waals surface area contributed by atoms with Gasteiger partial charge in [0.25, 0.3) is 0 Å². The van der Waals surface area contributed by atoms with E-state index >= 15 is 0 Å². The first-order valence-corrected chi connectivity index (χ1v) is 9.21. The predicted octanol–water partition coefficient (Wildman–Crippen LogP) is 3.20. The number of sulfonamides is 1. The molecule has 2 unspecified atom stereocenters. The Morgan fingerprint density at radius 1 is 1.29 bits per heavy atom. The standard InChI is InChI=1S/C15H20N2O2S2/c1-3-14(16)12-6-4-7-13(10-12)21(18,19)17-11(2)15-8-5-9-20-15/h4-11,14,17H,3,16H2,1-2H3. The highest BCUT2D eigenvalue weighted by molar-refractivity contribution is 7.89. The maximum absolute atomic E-state index is 12.5. The summed E-state index contributed by atoms with van der Waals surface area (Å²) in [5.41, 5.74) is 6.81. The minimum Gasteiger partial charge on any atom is -0.324 e. The van der Waals surface area contributed by atoms with Crippen LogP contribution >= 0.6 is 11.3 Å². The van der Waals surface area contributed by atoms with Crippen molar-refractivity contribution in [3.63, 3.8) is 0 Å². The van der Waals surface area contributed by atoms with Crippen LogP contribution in [-0.4, -0.2) is 8.42 Å². The van der Waals surface area contributed by atoms with Crippen LogP contribution in [0.3, 0.4) is 0 Å². The highest BCUT2D eigenvalue weighted by Crippen LogP contribution is 2.22. The Bertz CT molecular complexity index is 681. The maximum Gasteiger partial charge on any atom is 0.241 e. The number of rotatable bonds is 6. The monoisotopic (exact) mass is 324 g/mol. The van der Waals surface area contributed by atoms with E-state index in [0.717, 1.165) is 16.9 Å². The lowest BCUT2D eigenvalue weighted by molar-refractivity contribution is 0.568. The molecule has 2 atom stereocenters. The molecule has 3 N–H and O–H groups in total. The van der Waals surface area contributed by atoms with Crippen molar-refractivity contribution in [3.05, 3.63) is 52.2 Å². The van der Waals surface area contributed by atoms with Gasteiger partial charge in [-0.2, -0.15) is 0 Å². The van der Waals surface area contributed by atoms with E-state index in [-0.39, 0.29) is 17.0 Å². The van der Waals surface area contributed by atoms with Gasteiger partial charge in [-0.15, -0.1) is 11.3 Å². The van der Waals surface area contributed by atoms with Crippen molar-refractivity contribution in [2.45, 2.75) is 37.2 Å². The van der Waals surface area contributed by atoms with Gasteiger partial charge in [0, 0.05) is 10.9 Å². The van der Waals surface area contributed by atoms with Gasteiger partial charge in [0.05, 0.1) is 10.9 Å². The Morgan fingerprint density at radius 2 is 2.05 bits per heavy atom. The minimum atomic E-state index is -3.55. The average molecular weight is 324 g/mol. The van der Waals surface area contributed by atoms with E-state index in [2.05, 4.69) is 4.72 Å². The zero-order valence-corrected chi connectivity index (χ0v) is 13.7. The third-order valence-electron chi connectivity index (χ3n) is 3.34. The van der Waals surface area contributed by atoms with Crippen LogP contribution in [0.5, 0.6) is 0 Å².